The number of carbonyl (C=O) groups is 2. The van der Waals surface area contributed by atoms with Crippen molar-refractivity contribution in [2.45, 2.75) is 6.18 Å². The van der Waals surface area contributed by atoms with Gasteiger partial charge in [0.05, 0.1) is 18.8 Å². The van der Waals surface area contributed by atoms with Gasteiger partial charge in [0.2, 0.25) is 5.91 Å². The molecule has 0 aliphatic rings. The number of hydrogen-bond acceptors (Lipinski definition) is 4. The van der Waals surface area contributed by atoms with E-state index in [0.717, 1.165) is 12.1 Å². The molecule has 0 heterocycles. The van der Waals surface area contributed by atoms with Gasteiger partial charge in [0, 0.05) is 24.0 Å². The molecule has 0 aliphatic heterocycles. The van der Waals surface area contributed by atoms with Crippen LogP contribution in [-0.4, -0.2) is 38.7 Å². The molecule has 0 aliphatic carbocycles. The monoisotopic (exact) mass is 396 g/mol. The number of ether oxygens (including phenoxy) is 2. The highest BCUT2D eigenvalue weighted by Crippen LogP contribution is 2.30. The van der Waals surface area contributed by atoms with Gasteiger partial charge in [-0.3, -0.25) is 9.59 Å². The summed E-state index contributed by atoms with van der Waals surface area (Å²) in [5.74, 6) is -1.02. The van der Waals surface area contributed by atoms with Crippen molar-refractivity contribution in [1.29, 1.82) is 0 Å². The number of hydrogen-bond donors (Lipinski definition) is 2. The van der Waals surface area contributed by atoms with Crippen molar-refractivity contribution in [3.8, 4) is 0 Å². The van der Waals surface area contributed by atoms with E-state index in [2.05, 4.69) is 10.6 Å². The van der Waals surface area contributed by atoms with Crippen LogP contribution in [0.3, 0.4) is 0 Å². The first-order valence-electron chi connectivity index (χ1n) is 8.25. The Labute approximate surface area is 159 Å². The molecular weight excluding hydrogens is 377 g/mol. The maximum absolute atomic E-state index is 12.8. The average Bonchev–Trinajstić information content (AvgIpc) is 2.65. The Morgan fingerprint density at radius 2 is 1.64 bits per heavy atom. The molecule has 0 saturated carbocycles. The number of amides is 2. The van der Waals surface area contributed by atoms with Crippen LogP contribution >= 0.6 is 0 Å². The second-order valence-corrected chi connectivity index (χ2v) is 5.71. The molecule has 0 atom stereocenters. The predicted molar refractivity (Wildman–Crippen MR) is 97.2 cm³/mol. The normalized spacial score (nSPS) is 11.1. The average molecular weight is 396 g/mol. The van der Waals surface area contributed by atoms with Gasteiger partial charge in [-0.05, 0) is 36.4 Å². The largest absolute Gasteiger partial charge is 0.416 e. The van der Waals surface area contributed by atoms with Crippen molar-refractivity contribution in [3.05, 3.63) is 59.7 Å². The number of methoxy groups -OCH3 is 1. The molecule has 2 rings (SSSR count). The molecule has 2 amide bonds. The van der Waals surface area contributed by atoms with Crippen molar-refractivity contribution < 1.29 is 32.2 Å². The molecular formula is C19H19F3N2O4. The predicted octanol–water partition coefficient (Wildman–Crippen LogP) is 3.56. The maximum atomic E-state index is 12.8. The van der Waals surface area contributed by atoms with Gasteiger partial charge in [-0.25, -0.2) is 0 Å². The van der Waals surface area contributed by atoms with Crippen molar-refractivity contribution in [2.24, 2.45) is 0 Å². The lowest BCUT2D eigenvalue weighted by Crippen LogP contribution is -2.20. The topological polar surface area (TPSA) is 76.7 Å². The minimum absolute atomic E-state index is 0.0146. The number of nitrogens with one attached hydrogen (secondary N) is 2. The summed E-state index contributed by atoms with van der Waals surface area (Å²) in [5, 5.41) is 4.98. The van der Waals surface area contributed by atoms with Gasteiger partial charge < -0.3 is 20.1 Å². The van der Waals surface area contributed by atoms with E-state index in [-0.39, 0.29) is 24.5 Å². The fourth-order valence-corrected chi connectivity index (χ4v) is 2.22. The third-order valence-electron chi connectivity index (χ3n) is 3.52. The SMILES string of the molecule is COCCOCC(=O)Nc1cccc(C(=O)Nc2cccc(C(F)(F)F)c2)c1. The van der Waals surface area contributed by atoms with E-state index < -0.39 is 23.6 Å². The molecule has 2 N–H and O–H groups in total. The lowest BCUT2D eigenvalue weighted by Gasteiger charge is -2.11. The van der Waals surface area contributed by atoms with E-state index in [1.807, 2.05) is 0 Å². The Morgan fingerprint density at radius 1 is 0.964 bits per heavy atom. The quantitative estimate of drug-likeness (QED) is 0.669. The van der Waals surface area contributed by atoms with Crippen LogP contribution < -0.4 is 10.6 Å². The zero-order valence-corrected chi connectivity index (χ0v) is 15.0. The van der Waals surface area contributed by atoms with Gasteiger partial charge >= 0.3 is 6.18 Å². The van der Waals surface area contributed by atoms with Crippen LogP contribution in [0.15, 0.2) is 48.5 Å². The summed E-state index contributed by atoms with van der Waals surface area (Å²) in [7, 11) is 1.51. The fourth-order valence-electron chi connectivity index (χ4n) is 2.22. The summed E-state index contributed by atoms with van der Waals surface area (Å²) in [5.41, 5.74) is -0.312. The van der Waals surface area contributed by atoms with E-state index >= 15 is 0 Å². The Balaban J connectivity index is 1.99. The standard InChI is InChI=1S/C19H19F3N2O4/c1-27-8-9-28-12-17(25)23-15-6-2-4-13(10-15)18(26)24-16-7-3-5-14(11-16)19(20,21)22/h2-7,10-11H,8-9,12H2,1H3,(H,23,25)(H,24,26). The van der Waals surface area contributed by atoms with Crippen LogP contribution in [0.4, 0.5) is 24.5 Å². The van der Waals surface area contributed by atoms with Crippen LogP contribution in [-0.2, 0) is 20.4 Å². The Hall–Kier alpha value is -2.91. The van der Waals surface area contributed by atoms with Gasteiger partial charge in [0.1, 0.15) is 6.61 Å². The number of anilines is 2. The van der Waals surface area contributed by atoms with Gasteiger partial charge in [-0.1, -0.05) is 12.1 Å². The Kier molecular flexibility index (Phi) is 7.53. The Bertz CT molecular complexity index is 825. The molecule has 0 spiro atoms. The van der Waals surface area contributed by atoms with E-state index in [4.69, 9.17) is 9.47 Å². The molecule has 2 aromatic carbocycles. The third-order valence-corrected chi connectivity index (χ3v) is 3.52. The van der Waals surface area contributed by atoms with E-state index in [1.165, 1.54) is 31.4 Å². The minimum atomic E-state index is -4.50. The van der Waals surface area contributed by atoms with E-state index in [1.54, 1.807) is 12.1 Å². The van der Waals surface area contributed by atoms with Crippen LogP contribution in [0.2, 0.25) is 0 Å². The third kappa shape index (κ3) is 6.67. The number of alkyl halides is 3. The summed E-state index contributed by atoms with van der Waals surface area (Å²) in [4.78, 5) is 24.1. The Morgan fingerprint density at radius 3 is 2.32 bits per heavy atom. The molecule has 0 saturated heterocycles. The van der Waals surface area contributed by atoms with Crippen LogP contribution in [0.5, 0.6) is 0 Å². The lowest BCUT2D eigenvalue weighted by molar-refractivity contribution is -0.137. The van der Waals surface area contributed by atoms with Crippen molar-refractivity contribution >= 4 is 23.2 Å². The molecule has 9 heteroatoms. The fraction of sp³-hybridized carbons (Fsp3) is 0.263. The van der Waals surface area contributed by atoms with Crippen molar-refractivity contribution in [3.63, 3.8) is 0 Å². The molecule has 6 nitrogen and oxygen atoms in total. The molecule has 150 valence electrons. The van der Waals surface area contributed by atoms with Crippen molar-refractivity contribution in [1.82, 2.24) is 0 Å². The summed E-state index contributed by atoms with van der Waals surface area (Å²) < 4.78 is 48.2. The lowest BCUT2D eigenvalue weighted by atomic mass is 10.1. The molecule has 0 unspecified atom stereocenters. The second kappa shape index (κ2) is 9.86. The highest BCUT2D eigenvalue weighted by Gasteiger charge is 2.30. The van der Waals surface area contributed by atoms with Crippen molar-refractivity contribution in [2.75, 3.05) is 37.6 Å². The summed E-state index contributed by atoms with van der Waals surface area (Å²) in [6.07, 6.45) is -4.50. The zero-order chi connectivity index (χ0) is 20.6. The van der Waals surface area contributed by atoms with E-state index in [9.17, 15) is 22.8 Å². The highest BCUT2D eigenvalue weighted by molar-refractivity contribution is 6.05. The van der Waals surface area contributed by atoms with Gasteiger partial charge in [0.25, 0.3) is 5.91 Å². The first kappa shape index (κ1) is 21.4. The molecule has 0 bridgehead atoms. The molecule has 0 aromatic heterocycles. The summed E-state index contributed by atoms with van der Waals surface area (Å²) in [6, 6.07) is 10.3. The number of rotatable bonds is 8. The molecule has 28 heavy (non-hydrogen) atoms. The molecule has 0 fully saturated rings. The van der Waals surface area contributed by atoms with E-state index in [0.29, 0.717) is 12.3 Å². The van der Waals surface area contributed by atoms with Crippen LogP contribution in [0.25, 0.3) is 0 Å². The van der Waals surface area contributed by atoms with Gasteiger partial charge in [0.15, 0.2) is 0 Å². The maximum Gasteiger partial charge on any atom is 0.416 e. The van der Waals surface area contributed by atoms with Crippen LogP contribution in [0, 0.1) is 0 Å². The van der Waals surface area contributed by atoms with Gasteiger partial charge in [-0.15, -0.1) is 0 Å². The number of carbonyl (C=O) groups excluding carboxylic acids is 2. The zero-order valence-electron chi connectivity index (χ0n) is 15.0. The summed E-state index contributed by atoms with van der Waals surface area (Å²) in [6.45, 7) is 0.450. The first-order chi connectivity index (χ1) is 13.3. The van der Waals surface area contributed by atoms with Gasteiger partial charge in [-0.2, -0.15) is 13.2 Å². The molecule has 0 radical (unpaired) electrons. The second-order valence-electron chi connectivity index (χ2n) is 5.71. The molecule has 2 aromatic rings. The van der Waals surface area contributed by atoms with Crippen LogP contribution in [0.1, 0.15) is 15.9 Å². The number of halogens is 3. The summed E-state index contributed by atoms with van der Waals surface area (Å²) >= 11 is 0. The number of benzene rings is 2. The first-order valence-corrected chi connectivity index (χ1v) is 8.25. The highest BCUT2D eigenvalue weighted by atomic mass is 19.4. The minimum Gasteiger partial charge on any atom is -0.382 e. The smallest absolute Gasteiger partial charge is 0.382 e.